The molecule has 254 valence electrons. The van der Waals surface area contributed by atoms with Gasteiger partial charge in [0.25, 0.3) is 5.91 Å². The molecule has 0 saturated heterocycles. The monoisotopic (exact) mass is 647 g/mol. The van der Waals surface area contributed by atoms with Crippen LogP contribution in [-0.4, -0.2) is 59.3 Å². The van der Waals surface area contributed by atoms with Gasteiger partial charge in [-0.15, -0.1) is 0 Å². The third-order valence-corrected chi connectivity index (χ3v) is 9.06. The third-order valence-electron chi connectivity index (χ3n) is 9.06. The molecule has 0 bridgehead atoms. The summed E-state index contributed by atoms with van der Waals surface area (Å²) in [5.74, 6) is -5.17. The lowest BCUT2D eigenvalue weighted by atomic mass is 9.68. The van der Waals surface area contributed by atoms with E-state index in [9.17, 15) is 24.0 Å². The highest BCUT2D eigenvalue weighted by Gasteiger charge is 2.54. The van der Waals surface area contributed by atoms with E-state index in [1.165, 1.54) is 14.0 Å². The van der Waals surface area contributed by atoms with Gasteiger partial charge in [0.1, 0.15) is 24.0 Å². The highest BCUT2D eigenvalue weighted by atomic mass is 16.5. The molecule has 5 atom stereocenters. The first-order valence-electron chi connectivity index (χ1n) is 16.2. The summed E-state index contributed by atoms with van der Waals surface area (Å²) >= 11 is 0. The van der Waals surface area contributed by atoms with Gasteiger partial charge in [-0.1, -0.05) is 100 Å². The molecule has 0 heterocycles. The van der Waals surface area contributed by atoms with Crippen LogP contribution in [0.15, 0.2) is 72.3 Å². The molecule has 0 aliphatic heterocycles. The third kappa shape index (κ3) is 8.94. The topological polar surface area (TPSA) is 145 Å². The lowest BCUT2D eigenvalue weighted by molar-refractivity contribution is -0.166. The number of nitrogens with one attached hydrogen (secondary N) is 1. The summed E-state index contributed by atoms with van der Waals surface area (Å²) in [6, 6.07) is 17.2. The number of amides is 3. The van der Waals surface area contributed by atoms with Crippen molar-refractivity contribution < 1.29 is 33.4 Å². The van der Waals surface area contributed by atoms with Crippen molar-refractivity contribution in [3.05, 3.63) is 83.4 Å². The second kappa shape index (κ2) is 16.5. The van der Waals surface area contributed by atoms with E-state index >= 15 is 0 Å². The predicted molar refractivity (Wildman–Crippen MR) is 179 cm³/mol. The summed E-state index contributed by atoms with van der Waals surface area (Å²) in [5.41, 5.74) is 7.80. The lowest BCUT2D eigenvalue weighted by Gasteiger charge is -2.43. The Morgan fingerprint density at radius 1 is 0.957 bits per heavy atom. The number of methoxy groups -OCH3 is 1. The second-order valence-corrected chi connectivity index (χ2v) is 13.0. The number of ether oxygens (including phenoxy) is 2. The zero-order chi connectivity index (χ0) is 34.9. The van der Waals surface area contributed by atoms with Crippen molar-refractivity contribution in [1.82, 2.24) is 10.2 Å². The molecule has 0 fully saturated rings. The number of alkyl carbamates (subject to hydrolysis) is 1. The fourth-order valence-electron chi connectivity index (χ4n) is 6.30. The number of imide groups is 1. The van der Waals surface area contributed by atoms with Crippen molar-refractivity contribution in [1.29, 1.82) is 0 Å². The molecule has 2 aromatic rings. The zero-order valence-corrected chi connectivity index (χ0v) is 28.5. The molecule has 2 aromatic carbocycles. The lowest BCUT2D eigenvalue weighted by Crippen LogP contribution is -2.68. The maximum Gasteiger partial charge on any atom is 0.407 e. The van der Waals surface area contributed by atoms with Gasteiger partial charge in [-0.05, 0) is 49.1 Å². The number of hydrogen-bond acceptors (Lipinski definition) is 8. The van der Waals surface area contributed by atoms with Gasteiger partial charge in [0.15, 0.2) is 0 Å². The molecular formula is C37H49N3O7. The van der Waals surface area contributed by atoms with Gasteiger partial charge in [0, 0.05) is 18.8 Å². The highest BCUT2D eigenvalue weighted by Crippen LogP contribution is 2.38. The number of nitrogens with two attached hydrogens (primary N) is 1. The molecule has 3 amide bonds. The van der Waals surface area contributed by atoms with E-state index in [-0.39, 0.29) is 18.8 Å². The van der Waals surface area contributed by atoms with Crippen molar-refractivity contribution >= 4 is 29.7 Å². The van der Waals surface area contributed by atoms with Crippen LogP contribution in [0.5, 0.6) is 0 Å². The van der Waals surface area contributed by atoms with Crippen molar-refractivity contribution in [3.63, 3.8) is 0 Å². The number of esters is 1. The number of Topliss-reactive ketones (excluding diaryl/α,β-unsaturated/α-hetero) is 1. The van der Waals surface area contributed by atoms with Gasteiger partial charge in [-0.3, -0.25) is 19.3 Å². The minimum atomic E-state index is -1.83. The van der Waals surface area contributed by atoms with Crippen LogP contribution in [-0.2, 0) is 41.7 Å². The number of allylic oxidation sites excluding steroid dienone is 1. The molecule has 0 saturated carbocycles. The minimum Gasteiger partial charge on any atom is -0.467 e. The first-order chi connectivity index (χ1) is 22.2. The Balaban J connectivity index is 1.99. The smallest absolute Gasteiger partial charge is 0.407 e. The van der Waals surface area contributed by atoms with Crippen LogP contribution in [0, 0.1) is 23.7 Å². The van der Waals surface area contributed by atoms with Gasteiger partial charge in [0.2, 0.25) is 5.91 Å². The summed E-state index contributed by atoms with van der Waals surface area (Å²) < 4.78 is 10.4. The molecule has 3 N–H and O–H groups in total. The average Bonchev–Trinajstić information content (AvgIpc) is 3.20. The first-order valence-corrected chi connectivity index (χ1v) is 16.2. The number of nitrogens with zero attached hydrogens (tertiary/aromatic N) is 1. The molecule has 10 nitrogen and oxygen atoms in total. The molecule has 0 spiro atoms. The van der Waals surface area contributed by atoms with Crippen LogP contribution in [0.1, 0.15) is 65.5 Å². The predicted octanol–water partition coefficient (Wildman–Crippen LogP) is 4.99. The Hall–Kier alpha value is -4.31. The molecule has 3 rings (SSSR count). The van der Waals surface area contributed by atoms with Crippen molar-refractivity contribution in [3.8, 4) is 0 Å². The van der Waals surface area contributed by atoms with E-state index in [4.69, 9.17) is 15.2 Å². The maximum atomic E-state index is 14.6. The van der Waals surface area contributed by atoms with Gasteiger partial charge in [-0.25, -0.2) is 9.59 Å². The van der Waals surface area contributed by atoms with Gasteiger partial charge < -0.3 is 20.5 Å². The van der Waals surface area contributed by atoms with Gasteiger partial charge >= 0.3 is 12.1 Å². The molecular weight excluding hydrogens is 598 g/mol. The molecule has 2 unspecified atom stereocenters. The molecule has 1 aliphatic rings. The fourth-order valence-corrected chi connectivity index (χ4v) is 6.30. The summed E-state index contributed by atoms with van der Waals surface area (Å²) in [6.07, 6.45) is 2.17. The van der Waals surface area contributed by atoms with Gasteiger partial charge in [0.05, 0.1) is 13.2 Å². The molecule has 47 heavy (non-hydrogen) atoms. The van der Waals surface area contributed by atoms with E-state index in [0.29, 0.717) is 12.8 Å². The number of ketones is 1. The average molecular weight is 648 g/mol. The number of carbonyl (C=O) groups is 5. The van der Waals surface area contributed by atoms with E-state index in [0.717, 1.165) is 21.6 Å². The number of benzene rings is 2. The van der Waals surface area contributed by atoms with Crippen LogP contribution < -0.4 is 11.1 Å². The number of rotatable bonds is 12. The standard InChI is InChI=1S/C37H49N3O7/c1-23(2)32(34(43)46-7)40(26(6)41)35(44)37(38,24(3)4)31-19-18-29(21-30(33(31)42)20-27-14-10-8-11-15-27)25(5)39-36(45)47-22-28-16-12-9-13-17-28/h8-17,21,23-25,30-32H,18-20,22,38H2,1-7H3,(H,39,45)/t25-,30?,31?,32-,37+/m0/s1. The summed E-state index contributed by atoms with van der Waals surface area (Å²) in [5, 5.41) is 2.88. The Morgan fingerprint density at radius 2 is 1.53 bits per heavy atom. The van der Waals surface area contributed by atoms with Crippen LogP contribution in [0.25, 0.3) is 0 Å². The Bertz CT molecular complexity index is 1440. The quantitative estimate of drug-likeness (QED) is 0.242. The minimum absolute atomic E-state index is 0.109. The summed E-state index contributed by atoms with van der Waals surface area (Å²) in [7, 11) is 1.20. The van der Waals surface area contributed by atoms with E-state index < -0.39 is 65.2 Å². The second-order valence-electron chi connectivity index (χ2n) is 13.0. The van der Waals surface area contributed by atoms with E-state index in [1.807, 2.05) is 73.7 Å². The zero-order valence-electron chi connectivity index (χ0n) is 28.5. The maximum absolute atomic E-state index is 14.6. The molecule has 0 radical (unpaired) electrons. The van der Waals surface area contributed by atoms with Crippen molar-refractivity contribution in [2.75, 3.05) is 7.11 Å². The van der Waals surface area contributed by atoms with E-state index in [1.54, 1.807) is 27.7 Å². The van der Waals surface area contributed by atoms with Crippen molar-refractivity contribution in [2.24, 2.45) is 29.4 Å². The van der Waals surface area contributed by atoms with Crippen LogP contribution in [0.2, 0.25) is 0 Å². The van der Waals surface area contributed by atoms with Gasteiger partial charge in [-0.2, -0.15) is 0 Å². The fraction of sp³-hybridized carbons (Fsp3) is 0.486. The number of hydrogen-bond donors (Lipinski definition) is 2. The van der Waals surface area contributed by atoms with Crippen LogP contribution in [0.4, 0.5) is 4.79 Å². The molecule has 0 aromatic heterocycles. The van der Waals surface area contributed by atoms with E-state index in [2.05, 4.69) is 5.32 Å². The van der Waals surface area contributed by atoms with Crippen LogP contribution >= 0.6 is 0 Å². The van der Waals surface area contributed by atoms with Crippen molar-refractivity contribution in [2.45, 2.75) is 85.0 Å². The Kier molecular flexibility index (Phi) is 13.0. The normalized spacial score (nSPS) is 19.1. The summed E-state index contributed by atoms with van der Waals surface area (Å²) in [6.45, 7) is 10.0. The summed E-state index contributed by atoms with van der Waals surface area (Å²) in [4.78, 5) is 68.6. The van der Waals surface area contributed by atoms with Crippen LogP contribution in [0.3, 0.4) is 0 Å². The number of carbonyl (C=O) groups excluding carboxylic acids is 5. The largest absolute Gasteiger partial charge is 0.467 e. The SMILES string of the molecule is COC(=O)[C@H](C(C)C)N(C(C)=O)C(=O)[C@@](N)(C(C)C)C1CCC([C@H](C)NC(=O)OCc2ccccc2)=CC(Cc2ccccc2)C1=O. The Labute approximate surface area is 278 Å². The first kappa shape index (κ1) is 37.2. The molecule has 1 aliphatic carbocycles. The Morgan fingerprint density at radius 3 is 2.04 bits per heavy atom. The molecule has 10 heteroatoms. The highest BCUT2D eigenvalue weighted by molar-refractivity contribution is 6.05.